The van der Waals surface area contributed by atoms with Gasteiger partial charge in [0, 0.05) is 18.5 Å². The zero-order valence-electron chi connectivity index (χ0n) is 11.6. The molecule has 6 heteroatoms. The standard InChI is InChI=1S/C14H17N3O3/c1-8(2)16-14(19)17-12-11(15-3)9-6-4-5-7-10(9)20-13(12)18/h4-8,15H,1-3H3,(H2,16,17,19). The van der Waals surface area contributed by atoms with Crippen LogP contribution in [0.2, 0.25) is 0 Å². The number of urea groups is 1. The largest absolute Gasteiger partial charge is 0.421 e. The van der Waals surface area contributed by atoms with Gasteiger partial charge in [0.05, 0.1) is 5.69 Å². The zero-order valence-corrected chi connectivity index (χ0v) is 11.6. The average Bonchev–Trinajstić information content (AvgIpc) is 2.38. The lowest BCUT2D eigenvalue weighted by Gasteiger charge is -2.13. The van der Waals surface area contributed by atoms with Crippen LogP contribution in [0.25, 0.3) is 11.0 Å². The number of hydrogen-bond acceptors (Lipinski definition) is 4. The van der Waals surface area contributed by atoms with Crippen LogP contribution in [-0.4, -0.2) is 19.1 Å². The van der Waals surface area contributed by atoms with Gasteiger partial charge in [-0.15, -0.1) is 0 Å². The minimum absolute atomic E-state index is 0.0273. The van der Waals surface area contributed by atoms with Crippen molar-refractivity contribution in [2.24, 2.45) is 0 Å². The molecule has 2 amide bonds. The van der Waals surface area contributed by atoms with Gasteiger partial charge in [0.2, 0.25) is 0 Å². The molecule has 0 atom stereocenters. The third kappa shape index (κ3) is 2.74. The second kappa shape index (κ2) is 5.64. The summed E-state index contributed by atoms with van der Waals surface area (Å²) in [5, 5.41) is 8.86. The molecule has 2 aromatic rings. The molecule has 3 N–H and O–H groups in total. The number of fused-ring (bicyclic) bond motifs is 1. The van der Waals surface area contributed by atoms with E-state index >= 15 is 0 Å². The summed E-state index contributed by atoms with van der Waals surface area (Å²) in [6, 6.07) is 6.66. The molecule has 0 aliphatic heterocycles. The third-order valence-electron chi connectivity index (χ3n) is 2.72. The van der Waals surface area contributed by atoms with E-state index in [1.165, 1.54) is 0 Å². The van der Waals surface area contributed by atoms with Gasteiger partial charge >= 0.3 is 11.7 Å². The number of carbonyl (C=O) groups excluding carboxylic acids is 1. The number of rotatable bonds is 3. The Labute approximate surface area is 116 Å². The van der Waals surface area contributed by atoms with Crippen LogP contribution in [-0.2, 0) is 0 Å². The van der Waals surface area contributed by atoms with Gasteiger partial charge in [0.15, 0.2) is 5.69 Å². The molecule has 0 bridgehead atoms. The molecule has 0 saturated heterocycles. The number of amides is 2. The number of benzene rings is 1. The molecule has 0 saturated carbocycles. The Morgan fingerprint density at radius 3 is 2.55 bits per heavy atom. The maximum Gasteiger partial charge on any atom is 0.362 e. The summed E-state index contributed by atoms with van der Waals surface area (Å²) in [4.78, 5) is 23.7. The summed E-state index contributed by atoms with van der Waals surface area (Å²) in [5.41, 5.74) is 0.517. The van der Waals surface area contributed by atoms with Gasteiger partial charge in [-0.25, -0.2) is 9.59 Å². The zero-order chi connectivity index (χ0) is 14.7. The Kier molecular flexibility index (Phi) is 3.93. The van der Waals surface area contributed by atoms with Gasteiger partial charge in [-0.05, 0) is 26.0 Å². The first-order valence-corrected chi connectivity index (χ1v) is 6.34. The fourth-order valence-corrected chi connectivity index (χ4v) is 1.93. The topological polar surface area (TPSA) is 83.4 Å². The van der Waals surface area contributed by atoms with Gasteiger partial charge in [-0.1, -0.05) is 12.1 Å². The van der Waals surface area contributed by atoms with Crippen molar-refractivity contribution in [3.05, 3.63) is 34.7 Å². The smallest absolute Gasteiger partial charge is 0.362 e. The molecular formula is C14H17N3O3. The number of carbonyl (C=O) groups is 1. The molecule has 1 aromatic heterocycles. The van der Waals surface area contributed by atoms with Crippen LogP contribution in [0.15, 0.2) is 33.5 Å². The van der Waals surface area contributed by atoms with E-state index < -0.39 is 11.7 Å². The van der Waals surface area contributed by atoms with E-state index in [4.69, 9.17) is 4.42 Å². The number of nitrogens with one attached hydrogen (secondary N) is 3. The van der Waals surface area contributed by atoms with Crippen LogP contribution in [0, 0.1) is 0 Å². The Balaban J connectivity index is 2.49. The summed E-state index contributed by atoms with van der Waals surface area (Å²) in [6.07, 6.45) is 0. The first-order valence-electron chi connectivity index (χ1n) is 6.34. The lowest BCUT2D eigenvalue weighted by molar-refractivity contribution is 0.250. The van der Waals surface area contributed by atoms with Crippen LogP contribution in [0.4, 0.5) is 16.2 Å². The lowest BCUT2D eigenvalue weighted by Crippen LogP contribution is -2.35. The number of anilines is 2. The molecule has 0 aliphatic rings. The van der Waals surface area contributed by atoms with Crippen LogP contribution < -0.4 is 21.6 Å². The van der Waals surface area contributed by atoms with Gasteiger partial charge in [-0.3, -0.25) is 5.32 Å². The Morgan fingerprint density at radius 1 is 1.20 bits per heavy atom. The van der Waals surface area contributed by atoms with Gasteiger partial charge in [0.25, 0.3) is 0 Å². The molecule has 0 spiro atoms. The SMILES string of the molecule is CNc1c(NC(=O)NC(C)C)c(=O)oc2ccccc12. The van der Waals surface area contributed by atoms with Crippen molar-refractivity contribution in [1.29, 1.82) is 0 Å². The quantitative estimate of drug-likeness (QED) is 0.751. The Morgan fingerprint density at radius 2 is 1.90 bits per heavy atom. The highest BCUT2D eigenvalue weighted by Gasteiger charge is 2.16. The normalized spacial score (nSPS) is 10.6. The Hall–Kier alpha value is -2.50. The lowest BCUT2D eigenvalue weighted by atomic mass is 10.2. The molecule has 6 nitrogen and oxygen atoms in total. The van der Waals surface area contributed by atoms with E-state index in [0.717, 1.165) is 5.39 Å². The van der Waals surface area contributed by atoms with E-state index in [1.54, 1.807) is 19.2 Å². The van der Waals surface area contributed by atoms with Crippen molar-refractivity contribution >= 4 is 28.4 Å². The van der Waals surface area contributed by atoms with Crippen molar-refractivity contribution in [2.75, 3.05) is 17.7 Å². The molecular weight excluding hydrogens is 258 g/mol. The minimum Gasteiger partial charge on any atom is -0.421 e. The maximum atomic E-state index is 12.0. The van der Waals surface area contributed by atoms with Crippen molar-refractivity contribution in [3.8, 4) is 0 Å². The average molecular weight is 275 g/mol. The van der Waals surface area contributed by atoms with Crippen molar-refractivity contribution in [2.45, 2.75) is 19.9 Å². The summed E-state index contributed by atoms with van der Waals surface area (Å²) in [5.74, 6) is 0. The summed E-state index contributed by atoms with van der Waals surface area (Å²) in [6.45, 7) is 3.67. The molecule has 0 unspecified atom stereocenters. The fraction of sp³-hybridized carbons (Fsp3) is 0.286. The van der Waals surface area contributed by atoms with Crippen molar-refractivity contribution < 1.29 is 9.21 Å². The molecule has 2 rings (SSSR count). The van der Waals surface area contributed by atoms with Crippen LogP contribution in [0.3, 0.4) is 0 Å². The van der Waals surface area contributed by atoms with Crippen molar-refractivity contribution in [3.63, 3.8) is 0 Å². The monoisotopic (exact) mass is 275 g/mol. The van der Waals surface area contributed by atoms with E-state index in [1.807, 2.05) is 26.0 Å². The molecule has 0 radical (unpaired) electrons. The molecule has 1 aromatic carbocycles. The van der Waals surface area contributed by atoms with Crippen LogP contribution >= 0.6 is 0 Å². The minimum atomic E-state index is -0.591. The predicted molar refractivity (Wildman–Crippen MR) is 79.3 cm³/mol. The van der Waals surface area contributed by atoms with E-state index in [9.17, 15) is 9.59 Å². The number of hydrogen-bond donors (Lipinski definition) is 3. The maximum absolute atomic E-state index is 12.0. The number of para-hydroxylation sites is 1. The van der Waals surface area contributed by atoms with Crippen LogP contribution in [0.1, 0.15) is 13.8 Å². The summed E-state index contributed by atoms with van der Waals surface area (Å²) >= 11 is 0. The Bertz CT molecular complexity index is 692. The van der Waals surface area contributed by atoms with E-state index in [0.29, 0.717) is 11.3 Å². The van der Waals surface area contributed by atoms with Gasteiger partial charge in [-0.2, -0.15) is 0 Å². The van der Waals surface area contributed by atoms with Crippen molar-refractivity contribution in [1.82, 2.24) is 5.32 Å². The third-order valence-corrected chi connectivity index (χ3v) is 2.72. The highest BCUT2D eigenvalue weighted by molar-refractivity contribution is 6.01. The first kappa shape index (κ1) is 13.9. The summed E-state index contributed by atoms with van der Waals surface area (Å²) in [7, 11) is 1.69. The fourth-order valence-electron chi connectivity index (χ4n) is 1.93. The molecule has 0 aliphatic carbocycles. The summed E-state index contributed by atoms with van der Waals surface area (Å²) < 4.78 is 5.20. The van der Waals surface area contributed by atoms with Crippen LogP contribution in [0.5, 0.6) is 0 Å². The highest BCUT2D eigenvalue weighted by atomic mass is 16.4. The first-order chi connectivity index (χ1) is 9.52. The van der Waals surface area contributed by atoms with E-state index in [2.05, 4.69) is 16.0 Å². The molecule has 1 heterocycles. The molecule has 20 heavy (non-hydrogen) atoms. The molecule has 106 valence electrons. The predicted octanol–water partition coefficient (Wildman–Crippen LogP) is 2.36. The van der Waals surface area contributed by atoms with Gasteiger partial charge in [0.1, 0.15) is 5.58 Å². The second-order valence-corrected chi connectivity index (χ2v) is 4.64. The second-order valence-electron chi connectivity index (χ2n) is 4.64. The molecule has 0 fully saturated rings. The van der Waals surface area contributed by atoms with Gasteiger partial charge < -0.3 is 15.1 Å². The van der Waals surface area contributed by atoms with E-state index in [-0.39, 0.29) is 11.7 Å². The highest BCUT2D eigenvalue weighted by Crippen LogP contribution is 2.27.